The van der Waals surface area contributed by atoms with Gasteiger partial charge in [-0.25, -0.2) is 0 Å². The second kappa shape index (κ2) is 6.73. The summed E-state index contributed by atoms with van der Waals surface area (Å²) in [6.45, 7) is 0.789. The highest BCUT2D eigenvalue weighted by Crippen LogP contribution is 2.43. The Morgan fingerprint density at radius 3 is 2.44 bits per heavy atom. The van der Waals surface area contributed by atoms with Crippen molar-refractivity contribution >= 4 is 5.91 Å². The van der Waals surface area contributed by atoms with Gasteiger partial charge in [-0.2, -0.15) is 0 Å². The Kier molecular flexibility index (Phi) is 4.21. The molecule has 0 saturated carbocycles. The van der Waals surface area contributed by atoms with E-state index in [9.17, 15) is 9.90 Å². The van der Waals surface area contributed by atoms with Crippen LogP contribution in [0.15, 0.2) is 60.7 Å². The molecule has 3 saturated heterocycles. The quantitative estimate of drug-likeness (QED) is 0.839. The first-order chi connectivity index (χ1) is 13.2. The summed E-state index contributed by atoms with van der Waals surface area (Å²) in [6, 6.07) is 19.3. The third-order valence-corrected chi connectivity index (χ3v) is 5.53. The Balaban J connectivity index is 1.30. The number of carbonyl (C=O) groups is 1. The van der Waals surface area contributed by atoms with Crippen molar-refractivity contribution < 1.29 is 24.1 Å². The Labute approximate surface area is 157 Å². The van der Waals surface area contributed by atoms with Crippen LogP contribution in [0.1, 0.15) is 17.4 Å². The van der Waals surface area contributed by atoms with Gasteiger partial charge in [0.1, 0.15) is 24.4 Å². The average molecular weight is 367 g/mol. The number of benzene rings is 2. The zero-order valence-electron chi connectivity index (χ0n) is 14.7. The van der Waals surface area contributed by atoms with E-state index in [0.717, 1.165) is 11.1 Å². The molecule has 3 fully saturated rings. The monoisotopic (exact) mass is 367 g/mol. The van der Waals surface area contributed by atoms with Crippen LogP contribution in [0.2, 0.25) is 0 Å². The summed E-state index contributed by atoms with van der Waals surface area (Å²) in [4.78, 5) is 14.3. The topological polar surface area (TPSA) is 68.2 Å². The molecule has 3 aliphatic heterocycles. The van der Waals surface area contributed by atoms with Gasteiger partial charge in [0.2, 0.25) is 5.91 Å². The van der Waals surface area contributed by atoms with Crippen molar-refractivity contribution in [3.63, 3.8) is 0 Å². The number of hydrogen-bond donors (Lipinski definition) is 1. The van der Waals surface area contributed by atoms with E-state index in [0.29, 0.717) is 13.2 Å². The molecule has 140 valence electrons. The van der Waals surface area contributed by atoms with E-state index >= 15 is 0 Å². The van der Waals surface area contributed by atoms with Gasteiger partial charge in [-0.15, -0.1) is 0 Å². The van der Waals surface area contributed by atoms with E-state index in [1.807, 2.05) is 60.7 Å². The first kappa shape index (κ1) is 16.9. The molecule has 5 rings (SSSR count). The molecule has 6 heteroatoms. The highest BCUT2D eigenvalue weighted by Gasteiger charge is 2.60. The molecule has 27 heavy (non-hydrogen) atoms. The number of rotatable bonds is 3. The van der Waals surface area contributed by atoms with Gasteiger partial charge in [0.05, 0.1) is 12.7 Å². The summed E-state index contributed by atoms with van der Waals surface area (Å²) >= 11 is 0. The SMILES string of the molecule is O=C1[C@H]2[C@H](O)[C@@H]3O[C@H](c4ccccc4)OC[C@H]3O[C@H]2N1Cc1ccccc1. The number of ether oxygens (including phenoxy) is 3. The second-order valence-electron chi connectivity index (χ2n) is 7.21. The minimum Gasteiger partial charge on any atom is -0.389 e. The molecule has 0 bridgehead atoms. The maximum atomic E-state index is 12.6. The molecular formula is C21H21NO5. The maximum Gasteiger partial charge on any atom is 0.235 e. The molecule has 0 spiro atoms. The molecule has 0 unspecified atom stereocenters. The molecule has 0 aromatic heterocycles. The number of fused-ring (bicyclic) bond motifs is 2. The van der Waals surface area contributed by atoms with Crippen molar-refractivity contribution in [3.05, 3.63) is 71.8 Å². The van der Waals surface area contributed by atoms with Crippen molar-refractivity contribution in [2.24, 2.45) is 5.92 Å². The molecule has 2 aromatic rings. The fourth-order valence-corrected chi connectivity index (χ4v) is 4.10. The van der Waals surface area contributed by atoms with E-state index < -0.39 is 36.7 Å². The smallest absolute Gasteiger partial charge is 0.235 e. The van der Waals surface area contributed by atoms with Gasteiger partial charge in [-0.1, -0.05) is 60.7 Å². The summed E-state index contributed by atoms with van der Waals surface area (Å²) in [7, 11) is 0. The number of aliphatic hydroxyl groups excluding tert-OH is 1. The highest BCUT2D eigenvalue weighted by molar-refractivity contribution is 5.86. The lowest BCUT2D eigenvalue weighted by atomic mass is 9.81. The zero-order valence-corrected chi connectivity index (χ0v) is 14.7. The first-order valence-corrected chi connectivity index (χ1v) is 9.22. The Hall–Kier alpha value is -2.25. The van der Waals surface area contributed by atoms with Gasteiger partial charge in [-0.3, -0.25) is 4.79 Å². The van der Waals surface area contributed by atoms with Crippen LogP contribution >= 0.6 is 0 Å². The lowest BCUT2D eigenvalue weighted by Gasteiger charge is -2.56. The highest BCUT2D eigenvalue weighted by atomic mass is 16.7. The fraction of sp³-hybridized carbons (Fsp3) is 0.381. The van der Waals surface area contributed by atoms with E-state index in [1.165, 1.54) is 0 Å². The number of amides is 1. The number of hydrogen-bond acceptors (Lipinski definition) is 5. The molecule has 0 radical (unpaired) electrons. The molecule has 3 heterocycles. The van der Waals surface area contributed by atoms with E-state index in [-0.39, 0.29) is 5.91 Å². The van der Waals surface area contributed by atoms with Crippen molar-refractivity contribution in [1.82, 2.24) is 4.90 Å². The Bertz CT molecular complexity index is 814. The van der Waals surface area contributed by atoms with Crippen LogP contribution < -0.4 is 0 Å². The standard InChI is InChI=1S/C21H21NO5/c23-17-16-19(24)22(11-13-7-3-1-4-8-13)20(16)26-15-12-25-21(27-18(15)17)14-9-5-2-6-10-14/h1-10,15-18,20-21,23H,11-12H2/t15-,16-,17+,18-,20-,21-/m1/s1. The van der Waals surface area contributed by atoms with Crippen molar-refractivity contribution in [3.8, 4) is 0 Å². The average Bonchev–Trinajstić information content (AvgIpc) is 2.73. The number of β-lactam (4-membered cyclic amide) rings is 1. The Morgan fingerprint density at radius 1 is 1.00 bits per heavy atom. The predicted molar refractivity (Wildman–Crippen MR) is 95.2 cm³/mol. The van der Waals surface area contributed by atoms with E-state index in [4.69, 9.17) is 14.2 Å². The molecule has 1 N–H and O–H groups in total. The van der Waals surface area contributed by atoms with Crippen molar-refractivity contribution in [1.29, 1.82) is 0 Å². The number of nitrogens with zero attached hydrogens (tertiary/aromatic N) is 1. The maximum absolute atomic E-state index is 12.6. The molecule has 2 aromatic carbocycles. The van der Waals surface area contributed by atoms with Gasteiger partial charge in [0.25, 0.3) is 0 Å². The third kappa shape index (κ3) is 2.85. The Morgan fingerprint density at radius 2 is 1.70 bits per heavy atom. The van der Waals surface area contributed by atoms with Crippen LogP contribution in [-0.2, 0) is 25.5 Å². The predicted octanol–water partition coefficient (Wildman–Crippen LogP) is 1.84. The molecule has 0 aliphatic carbocycles. The second-order valence-corrected chi connectivity index (χ2v) is 7.21. The molecule has 6 atom stereocenters. The summed E-state index contributed by atoms with van der Waals surface area (Å²) < 4.78 is 17.9. The molecule has 3 aliphatic rings. The van der Waals surface area contributed by atoms with Gasteiger partial charge in [0, 0.05) is 12.1 Å². The minimum absolute atomic E-state index is 0.0962. The summed E-state index contributed by atoms with van der Waals surface area (Å²) in [5, 5.41) is 10.8. The largest absolute Gasteiger partial charge is 0.389 e. The van der Waals surface area contributed by atoms with E-state index in [2.05, 4.69) is 0 Å². The van der Waals surface area contributed by atoms with Crippen LogP contribution in [0, 0.1) is 5.92 Å². The fourth-order valence-electron chi connectivity index (χ4n) is 4.10. The molecular weight excluding hydrogens is 346 g/mol. The van der Waals surface area contributed by atoms with Crippen LogP contribution in [0.25, 0.3) is 0 Å². The van der Waals surface area contributed by atoms with Gasteiger partial charge in [-0.05, 0) is 5.56 Å². The summed E-state index contributed by atoms with van der Waals surface area (Å²) in [5.41, 5.74) is 1.92. The molecule has 1 amide bonds. The lowest BCUT2D eigenvalue weighted by molar-refractivity contribution is -0.347. The lowest BCUT2D eigenvalue weighted by Crippen LogP contribution is -2.73. The van der Waals surface area contributed by atoms with Crippen LogP contribution in [-0.4, -0.2) is 47.1 Å². The van der Waals surface area contributed by atoms with Crippen LogP contribution in [0.5, 0.6) is 0 Å². The van der Waals surface area contributed by atoms with Gasteiger partial charge >= 0.3 is 0 Å². The number of aliphatic hydroxyl groups is 1. The zero-order chi connectivity index (χ0) is 18.4. The first-order valence-electron chi connectivity index (χ1n) is 9.22. The van der Waals surface area contributed by atoms with Gasteiger partial charge < -0.3 is 24.2 Å². The summed E-state index contributed by atoms with van der Waals surface area (Å²) in [5.74, 6) is -0.675. The normalized spacial score (nSPS) is 35.1. The van der Waals surface area contributed by atoms with Crippen molar-refractivity contribution in [2.75, 3.05) is 6.61 Å². The van der Waals surface area contributed by atoms with E-state index in [1.54, 1.807) is 4.90 Å². The molecule has 6 nitrogen and oxygen atoms in total. The van der Waals surface area contributed by atoms with Crippen LogP contribution in [0.3, 0.4) is 0 Å². The minimum atomic E-state index is -0.900. The summed E-state index contributed by atoms with van der Waals surface area (Å²) in [6.07, 6.45) is -2.86. The number of carbonyl (C=O) groups excluding carboxylic acids is 1. The number of likely N-dealkylation sites (tertiary alicyclic amines) is 1. The third-order valence-electron chi connectivity index (χ3n) is 5.53. The van der Waals surface area contributed by atoms with Gasteiger partial charge in [0.15, 0.2) is 6.29 Å². The van der Waals surface area contributed by atoms with Crippen molar-refractivity contribution in [2.45, 2.75) is 37.4 Å². The van der Waals surface area contributed by atoms with Crippen LogP contribution in [0.4, 0.5) is 0 Å².